The summed E-state index contributed by atoms with van der Waals surface area (Å²) in [6.45, 7) is 6.93. The second-order valence-electron chi connectivity index (χ2n) is 7.97. The number of hydrogen-bond acceptors (Lipinski definition) is 5. The molecule has 32 heavy (non-hydrogen) atoms. The lowest BCUT2D eigenvalue weighted by molar-refractivity contribution is -0.146. The van der Waals surface area contributed by atoms with E-state index in [0.29, 0.717) is 23.2 Å². The number of anilines is 1. The second kappa shape index (κ2) is 11.8. The highest BCUT2D eigenvalue weighted by Gasteiger charge is 2.27. The van der Waals surface area contributed by atoms with Gasteiger partial charge < -0.3 is 15.4 Å². The Hall–Kier alpha value is -3.48. The van der Waals surface area contributed by atoms with E-state index in [2.05, 4.69) is 10.6 Å². The number of amides is 2. The zero-order chi connectivity index (χ0) is 23.7. The average molecular weight is 439 g/mol. The van der Waals surface area contributed by atoms with Crippen LogP contribution in [0.3, 0.4) is 0 Å². The highest BCUT2D eigenvalue weighted by Crippen LogP contribution is 2.12. The van der Waals surface area contributed by atoms with Gasteiger partial charge in [0.05, 0.1) is 0 Å². The largest absolute Gasteiger partial charge is 0.456 e. The molecule has 1 atom stereocenters. The van der Waals surface area contributed by atoms with E-state index in [9.17, 15) is 19.2 Å². The Morgan fingerprint density at radius 2 is 1.66 bits per heavy atom. The van der Waals surface area contributed by atoms with Gasteiger partial charge in [0, 0.05) is 23.2 Å². The summed E-state index contributed by atoms with van der Waals surface area (Å²) in [5.41, 5.74) is 2.33. The van der Waals surface area contributed by atoms with Gasteiger partial charge >= 0.3 is 5.97 Å². The molecule has 170 valence electrons. The molecule has 0 spiro atoms. The van der Waals surface area contributed by atoms with Gasteiger partial charge in [-0.2, -0.15) is 0 Å². The van der Waals surface area contributed by atoms with Crippen molar-refractivity contribution in [2.75, 3.05) is 11.9 Å². The van der Waals surface area contributed by atoms with Gasteiger partial charge in [0.25, 0.3) is 5.91 Å². The number of carbonyl (C=O) groups is 4. The first-order valence-corrected chi connectivity index (χ1v) is 10.7. The molecule has 2 aromatic rings. The minimum Gasteiger partial charge on any atom is -0.456 e. The maximum absolute atomic E-state index is 12.6. The second-order valence-corrected chi connectivity index (χ2v) is 7.97. The molecule has 0 bridgehead atoms. The van der Waals surface area contributed by atoms with Gasteiger partial charge in [0.2, 0.25) is 5.91 Å². The highest BCUT2D eigenvalue weighted by atomic mass is 16.5. The number of Topliss-reactive ketones (excluding diaryl/α,β-unsaturated/α-hetero) is 1. The van der Waals surface area contributed by atoms with Gasteiger partial charge in [0.1, 0.15) is 6.04 Å². The van der Waals surface area contributed by atoms with Crippen LogP contribution in [0, 0.1) is 12.8 Å². The van der Waals surface area contributed by atoms with Crippen molar-refractivity contribution in [2.45, 2.75) is 46.6 Å². The number of rotatable bonds is 10. The van der Waals surface area contributed by atoms with Gasteiger partial charge in [-0.25, -0.2) is 4.79 Å². The molecule has 0 aliphatic heterocycles. The van der Waals surface area contributed by atoms with Crippen molar-refractivity contribution in [1.82, 2.24) is 5.32 Å². The van der Waals surface area contributed by atoms with E-state index in [-0.39, 0.29) is 23.5 Å². The standard InChI is InChI=1S/C25H30N2O5/c1-5-7-22(29)26-20-12-10-18(11-13-20)21(28)15-32-25(31)23(16(2)3)27-24(30)19-9-6-8-17(4)14-19/h6,8-14,16,23H,5,7,15H2,1-4H3,(H,26,29)(H,27,30)/t23-/m0/s1. The summed E-state index contributed by atoms with van der Waals surface area (Å²) < 4.78 is 5.20. The van der Waals surface area contributed by atoms with Crippen LogP contribution >= 0.6 is 0 Å². The molecule has 0 aromatic heterocycles. The van der Waals surface area contributed by atoms with Crippen molar-refractivity contribution in [1.29, 1.82) is 0 Å². The van der Waals surface area contributed by atoms with E-state index in [1.807, 2.05) is 19.9 Å². The van der Waals surface area contributed by atoms with Crippen LogP contribution in [0.4, 0.5) is 5.69 Å². The zero-order valence-corrected chi connectivity index (χ0v) is 18.9. The molecular formula is C25H30N2O5. The Morgan fingerprint density at radius 3 is 2.25 bits per heavy atom. The number of aryl methyl sites for hydroxylation is 1. The third kappa shape index (κ3) is 7.34. The molecule has 0 heterocycles. The fraction of sp³-hybridized carbons (Fsp3) is 0.360. The summed E-state index contributed by atoms with van der Waals surface area (Å²) in [6, 6.07) is 12.6. The number of benzene rings is 2. The van der Waals surface area contributed by atoms with Crippen LogP contribution in [-0.4, -0.2) is 36.2 Å². The quantitative estimate of drug-likeness (QED) is 0.433. The molecule has 0 aliphatic carbocycles. The topological polar surface area (TPSA) is 102 Å². The molecule has 2 aromatic carbocycles. The van der Waals surface area contributed by atoms with Crippen molar-refractivity contribution in [3.63, 3.8) is 0 Å². The summed E-state index contributed by atoms with van der Waals surface area (Å²) in [5.74, 6) is -1.74. The van der Waals surface area contributed by atoms with Crippen molar-refractivity contribution >= 4 is 29.3 Å². The van der Waals surface area contributed by atoms with Crippen LogP contribution in [0.2, 0.25) is 0 Å². The SMILES string of the molecule is CCCC(=O)Nc1ccc(C(=O)COC(=O)[C@@H](NC(=O)c2cccc(C)c2)C(C)C)cc1. The van der Waals surface area contributed by atoms with E-state index in [0.717, 1.165) is 12.0 Å². The Morgan fingerprint density at radius 1 is 0.969 bits per heavy atom. The number of carbonyl (C=O) groups excluding carboxylic acids is 4. The molecule has 7 nitrogen and oxygen atoms in total. The maximum Gasteiger partial charge on any atom is 0.329 e. The number of ether oxygens (including phenoxy) is 1. The summed E-state index contributed by atoms with van der Waals surface area (Å²) in [6.07, 6.45) is 1.17. The average Bonchev–Trinajstić information content (AvgIpc) is 2.75. The Bertz CT molecular complexity index is 967. The smallest absolute Gasteiger partial charge is 0.329 e. The predicted molar refractivity (Wildman–Crippen MR) is 123 cm³/mol. The van der Waals surface area contributed by atoms with E-state index < -0.39 is 18.6 Å². The lowest BCUT2D eigenvalue weighted by Gasteiger charge is -2.21. The normalized spacial score (nSPS) is 11.5. The molecule has 0 unspecified atom stereocenters. The van der Waals surface area contributed by atoms with Crippen molar-refractivity contribution in [2.24, 2.45) is 5.92 Å². The first-order valence-electron chi connectivity index (χ1n) is 10.7. The Labute approximate surface area is 188 Å². The molecule has 7 heteroatoms. The minimum absolute atomic E-state index is 0.0899. The summed E-state index contributed by atoms with van der Waals surface area (Å²) >= 11 is 0. The van der Waals surface area contributed by atoms with Gasteiger partial charge in [-0.1, -0.05) is 38.5 Å². The Balaban J connectivity index is 1.94. The molecule has 0 saturated heterocycles. The van der Waals surface area contributed by atoms with Gasteiger partial charge in [0.15, 0.2) is 12.4 Å². The highest BCUT2D eigenvalue weighted by molar-refractivity contribution is 6.00. The number of ketones is 1. The van der Waals surface area contributed by atoms with Crippen LogP contribution in [0.15, 0.2) is 48.5 Å². The third-order valence-corrected chi connectivity index (χ3v) is 4.80. The molecule has 0 radical (unpaired) electrons. The minimum atomic E-state index is -0.882. The number of hydrogen-bond donors (Lipinski definition) is 2. The molecular weight excluding hydrogens is 408 g/mol. The van der Waals surface area contributed by atoms with Crippen LogP contribution in [0.25, 0.3) is 0 Å². The first kappa shape index (κ1) is 24.8. The molecule has 0 fully saturated rings. The van der Waals surface area contributed by atoms with E-state index >= 15 is 0 Å². The van der Waals surface area contributed by atoms with Gasteiger partial charge in [-0.05, 0) is 55.7 Å². The summed E-state index contributed by atoms with van der Waals surface area (Å²) in [7, 11) is 0. The summed E-state index contributed by atoms with van der Waals surface area (Å²) in [4.78, 5) is 49.1. The van der Waals surface area contributed by atoms with Gasteiger partial charge in [-0.3, -0.25) is 14.4 Å². The lowest BCUT2D eigenvalue weighted by atomic mass is 10.0. The van der Waals surface area contributed by atoms with Crippen LogP contribution < -0.4 is 10.6 Å². The van der Waals surface area contributed by atoms with Gasteiger partial charge in [-0.15, -0.1) is 0 Å². The molecule has 0 saturated carbocycles. The molecule has 2 rings (SSSR count). The monoisotopic (exact) mass is 438 g/mol. The summed E-state index contributed by atoms with van der Waals surface area (Å²) in [5, 5.41) is 5.44. The van der Waals surface area contributed by atoms with Crippen molar-refractivity contribution in [3.05, 3.63) is 65.2 Å². The fourth-order valence-electron chi connectivity index (χ4n) is 3.01. The van der Waals surface area contributed by atoms with Crippen molar-refractivity contribution < 1.29 is 23.9 Å². The van der Waals surface area contributed by atoms with E-state index in [1.165, 1.54) is 0 Å². The number of esters is 1. The van der Waals surface area contributed by atoms with E-state index in [4.69, 9.17) is 4.74 Å². The van der Waals surface area contributed by atoms with Crippen LogP contribution in [-0.2, 0) is 14.3 Å². The van der Waals surface area contributed by atoms with Crippen LogP contribution in [0.1, 0.15) is 59.9 Å². The molecule has 2 N–H and O–H groups in total. The first-order chi connectivity index (χ1) is 15.2. The maximum atomic E-state index is 12.6. The zero-order valence-electron chi connectivity index (χ0n) is 18.9. The third-order valence-electron chi connectivity index (χ3n) is 4.80. The van der Waals surface area contributed by atoms with Crippen molar-refractivity contribution in [3.8, 4) is 0 Å². The fourth-order valence-corrected chi connectivity index (χ4v) is 3.01. The Kier molecular flexibility index (Phi) is 9.13. The van der Waals surface area contributed by atoms with E-state index in [1.54, 1.807) is 56.3 Å². The predicted octanol–water partition coefficient (Wildman–Crippen LogP) is 3.91. The molecule has 2 amide bonds. The molecule has 0 aliphatic rings. The van der Waals surface area contributed by atoms with Crippen LogP contribution in [0.5, 0.6) is 0 Å². The number of nitrogens with one attached hydrogen (secondary N) is 2. The lowest BCUT2D eigenvalue weighted by Crippen LogP contribution is -2.45.